The molecule has 0 aliphatic rings. The minimum absolute atomic E-state index is 0.0672. The van der Waals surface area contributed by atoms with Gasteiger partial charge in [0.2, 0.25) is 0 Å². The molecule has 1 heterocycles. The molecule has 0 saturated carbocycles. The van der Waals surface area contributed by atoms with Crippen molar-refractivity contribution in [2.45, 2.75) is 6.54 Å². The Morgan fingerprint density at radius 3 is 2.59 bits per heavy atom. The Bertz CT molecular complexity index is 473. The van der Waals surface area contributed by atoms with Gasteiger partial charge in [-0.15, -0.1) is 0 Å². The summed E-state index contributed by atoms with van der Waals surface area (Å²) in [6, 6.07) is 3.95. The minimum atomic E-state index is -0.692. The van der Waals surface area contributed by atoms with Gasteiger partial charge in [0.05, 0.1) is 6.54 Å². The Morgan fingerprint density at radius 2 is 2.00 bits per heavy atom. The van der Waals surface area contributed by atoms with Crippen LogP contribution in [0.4, 0.5) is 20.2 Å². The summed E-state index contributed by atoms with van der Waals surface area (Å²) < 4.78 is 28.4. The van der Waals surface area contributed by atoms with E-state index >= 15 is 0 Å². The van der Waals surface area contributed by atoms with E-state index in [0.29, 0.717) is 13.1 Å². The predicted molar refractivity (Wildman–Crippen MR) is 61.5 cm³/mol. The summed E-state index contributed by atoms with van der Waals surface area (Å²) in [6.07, 6.45) is 3.42. The fraction of sp³-hybridized carbons (Fsp3) is 0.182. The van der Waals surface area contributed by atoms with E-state index in [4.69, 9.17) is 5.73 Å². The van der Waals surface area contributed by atoms with Crippen LogP contribution < -0.4 is 11.1 Å². The van der Waals surface area contributed by atoms with Crippen molar-refractivity contribution in [3.63, 3.8) is 0 Å². The maximum atomic E-state index is 13.4. The quantitative estimate of drug-likeness (QED) is 0.799. The number of benzene rings is 1. The molecule has 0 fully saturated rings. The highest BCUT2D eigenvalue weighted by Gasteiger charge is 2.09. The van der Waals surface area contributed by atoms with Crippen molar-refractivity contribution in [2.24, 2.45) is 0 Å². The van der Waals surface area contributed by atoms with Crippen LogP contribution in [-0.4, -0.2) is 16.3 Å². The van der Waals surface area contributed by atoms with E-state index in [1.165, 1.54) is 0 Å². The number of nitrogen functional groups attached to an aromatic ring is 1. The highest BCUT2D eigenvalue weighted by Crippen LogP contribution is 2.21. The zero-order valence-corrected chi connectivity index (χ0v) is 9.03. The van der Waals surface area contributed by atoms with Crippen LogP contribution in [0.25, 0.3) is 0 Å². The number of rotatable bonds is 4. The van der Waals surface area contributed by atoms with Crippen molar-refractivity contribution >= 4 is 11.4 Å². The fourth-order valence-electron chi connectivity index (χ4n) is 1.49. The molecule has 90 valence electrons. The highest BCUT2D eigenvalue weighted by molar-refractivity contribution is 5.53. The smallest absolute Gasteiger partial charge is 0.151 e. The van der Waals surface area contributed by atoms with Crippen LogP contribution >= 0.6 is 0 Å². The van der Waals surface area contributed by atoms with Gasteiger partial charge in [-0.25, -0.2) is 8.78 Å². The van der Waals surface area contributed by atoms with E-state index in [1.807, 2.05) is 0 Å². The minimum Gasteiger partial charge on any atom is -0.399 e. The summed E-state index contributed by atoms with van der Waals surface area (Å²) >= 11 is 0. The molecule has 0 atom stereocenters. The second-order valence-electron chi connectivity index (χ2n) is 3.56. The molecule has 0 radical (unpaired) electrons. The molecule has 0 aliphatic heterocycles. The van der Waals surface area contributed by atoms with Crippen molar-refractivity contribution in [3.8, 4) is 0 Å². The molecule has 1 aromatic heterocycles. The molecule has 0 bridgehead atoms. The fourth-order valence-corrected chi connectivity index (χ4v) is 1.49. The number of nitrogens with one attached hydrogen (secondary N) is 1. The first-order chi connectivity index (χ1) is 8.16. The molecule has 0 saturated heterocycles. The van der Waals surface area contributed by atoms with Crippen molar-refractivity contribution in [1.82, 2.24) is 9.78 Å². The summed E-state index contributed by atoms with van der Waals surface area (Å²) in [7, 11) is 0. The van der Waals surface area contributed by atoms with Crippen LogP contribution in [0.5, 0.6) is 0 Å². The maximum absolute atomic E-state index is 13.4. The summed E-state index contributed by atoms with van der Waals surface area (Å²) in [4.78, 5) is 0. The van der Waals surface area contributed by atoms with Gasteiger partial charge in [-0.1, -0.05) is 0 Å². The summed E-state index contributed by atoms with van der Waals surface area (Å²) in [6.45, 7) is 0.899. The summed E-state index contributed by atoms with van der Waals surface area (Å²) in [5.74, 6) is -1.38. The second-order valence-corrected chi connectivity index (χ2v) is 3.56. The predicted octanol–water partition coefficient (Wildman–Crippen LogP) is 1.86. The number of aromatic nitrogens is 2. The van der Waals surface area contributed by atoms with E-state index in [0.717, 1.165) is 12.1 Å². The Kier molecular flexibility index (Phi) is 3.22. The Labute approximate surface area is 97.0 Å². The first kappa shape index (κ1) is 11.4. The molecular weight excluding hydrogens is 226 g/mol. The highest BCUT2D eigenvalue weighted by atomic mass is 19.1. The molecule has 17 heavy (non-hydrogen) atoms. The molecule has 4 nitrogen and oxygen atoms in total. The van der Waals surface area contributed by atoms with Gasteiger partial charge >= 0.3 is 0 Å². The third-order valence-electron chi connectivity index (χ3n) is 2.27. The van der Waals surface area contributed by atoms with Gasteiger partial charge in [0.25, 0.3) is 0 Å². The number of halogens is 2. The monoisotopic (exact) mass is 238 g/mol. The van der Waals surface area contributed by atoms with Crippen molar-refractivity contribution in [3.05, 3.63) is 42.2 Å². The molecule has 3 N–H and O–H groups in total. The third-order valence-corrected chi connectivity index (χ3v) is 2.27. The molecule has 6 heteroatoms. The Hall–Kier alpha value is -2.11. The van der Waals surface area contributed by atoms with Crippen LogP contribution in [0.1, 0.15) is 0 Å². The standard InChI is InChI=1S/C11H12F2N4/c12-9-6-8(14)7-10(13)11(9)15-3-5-17-4-1-2-16-17/h1-2,4,6-7,15H,3,5,14H2. The van der Waals surface area contributed by atoms with Crippen LogP contribution in [0, 0.1) is 11.6 Å². The largest absolute Gasteiger partial charge is 0.399 e. The molecule has 0 spiro atoms. The molecule has 2 aromatic rings. The zero-order valence-electron chi connectivity index (χ0n) is 9.03. The molecule has 0 amide bonds. The lowest BCUT2D eigenvalue weighted by Crippen LogP contribution is -2.13. The van der Waals surface area contributed by atoms with Gasteiger partial charge in [0.1, 0.15) is 5.69 Å². The van der Waals surface area contributed by atoms with Gasteiger partial charge in [-0.2, -0.15) is 5.10 Å². The normalized spacial score (nSPS) is 10.5. The van der Waals surface area contributed by atoms with Crippen LogP contribution in [0.2, 0.25) is 0 Å². The lowest BCUT2D eigenvalue weighted by Gasteiger charge is -2.09. The van der Waals surface area contributed by atoms with Gasteiger partial charge in [0, 0.05) is 24.6 Å². The SMILES string of the molecule is Nc1cc(F)c(NCCn2cccn2)c(F)c1. The topological polar surface area (TPSA) is 55.9 Å². The molecule has 0 aliphatic carbocycles. The average Bonchev–Trinajstić information content (AvgIpc) is 2.74. The van der Waals surface area contributed by atoms with E-state index in [2.05, 4.69) is 10.4 Å². The number of hydrogen-bond acceptors (Lipinski definition) is 3. The number of nitrogens with zero attached hydrogens (tertiary/aromatic N) is 2. The zero-order chi connectivity index (χ0) is 12.3. The van der Waals surface area contributed by atoms with Crippen molar-refractivity contribution in [2.75, 3.05) is 17.6 Å². The molecule has 1 aromatic carbocycles. The third kappa shape index (κ3) is 2.72. The summed E-state index contributed by atoms with van der Waals surface area (Å²) in [5, 5.41) is 6.66. The first-order valence-electron chi connectivity index (χ1n) is 5.12. The summed E-state index contributed by atoms with van der Waals surface area (Å²) in [5.41, 5.74) is 5.22. The average molecular weight is 238 g/mol. The van der Waals surface area contributed by atoms with Crippen molar-refractivity contribution in [1.29, 1.82) is 0 Å². The van der Waals surface area contributed by atoms with Crippen molar-refractivity contribution < 1.29 is 8.78 Å². The van der Waals surface area contributed by atoms with Gasteiger partial charge < -0.3 is 11.1 Å². The first-order valence-corrected chi connectivity index (χ1v) is 5.12. The number of hydrogen-bond donors (Lipinski definition) is 2. The van der Waals surface area contributed by atoms with E-state index < -0.39 is 11.6 Å². The van der Waals surface area contributed by atoms with E-state index in [1.54, 1.807) is 23.1 Å². The maximum Gasteiger partial charge on any atom is 0.151 e. The van der Waals surface area contributed by atoms with Gasteiger partial charge in [-0.05, 0) is 18.2 Å². The van der Waals surface area contributed by atoms with Crippen LogP contribution in [0.3, 0.4) is 0 Å². The number of anilines is 2. The van der Waals surface area contributed by atoms with E-state index in [-0.39, 0.29) is 11.4 Å². The van der Waals surface area contributed by atoms with E-state index in [9.17, 15) is 8.78 Å². The molecular formula is C11H12F2N4. The van der Waals surface area contributed by atoms with Crippen LogP contribution in [0.15, 0.2) is 30.6 Å². The Morgan fingerprint density at radius 1 is 1.29 bits per heavy atom. The molecule has 2 rings (SSSR count). The second kappa shape index (κ2) is 4.82. The van der Waals surface area contributed by atoms with Crippen LogP contribution in [-0.2, 0) is 6.54 Å². The number of nitrogens with two attached hydrogens (primary N) is 1. The lowest BCUT2D eigenvalue weighted by atomic mass is 10.2. The van der Waals surface area contributed by atoms with Gasteiger partial charge in [-0.3, -0.25) is 4.68 Å². The molecule has 0 unspecified atom stereocenters. The lowest BCUT2D eigenvalue weighted by molar-refractivity contribution is 0.582. The Balaban J connectivity index is 1.99. The van der Waals surface area contributed by atoms with Gasteiger partial charge in [0.15, 0.2) is 11.6 Å².